The summed E-state index contributed by atoms with van der Waals surface area (Å²) in [7, 11) is 0. The highest BCUT2D eigenvalue weighted by Gasteiger charge is 2.07. The SMILES string of the molecule is O=c1[nH]c(CCn2nnc(-c3ccccc3)n2)nc2ccccc12. The minimum atomic E-state index is -0.132. The van der Waals surface area contributed by atoms with Crippen molar-refractivity contribution < 1.29 is 0 Å². The molecular weight excluding hydrogens is 304 g/mol. The molecule has 0 saturated carbocycles. The fourth-order valence-electron chi connectivity index (χ4n) is 2.50. The summed E-state index contributed by atoms with van der Waals surface area (Å²) in [6, 6.07) is 16.9. The zero-order valence-corrected chi connectivity index (χ0v) is 12.8. The summed E-state index contributed by atoms with van der Waals surface area (Å²) in [6.07, 6.45) is 0.519. The molecule has 7 nitrogen and oxygen atoms in total. The first-order valence-electron chi connectivity index (χ1n) is 7.61. The van der Waals surface area contributed by atoms with Gasteiger partial charge < -0.3 is 4.98 Å². The topological polar surface area (TPSA) is 89.4 Å². The third kappa shape index (κ3) is 2.79. The molecule has 0 unspecified atom stereocenters. The highest BCUT2D eigenvalue weighted by atomic mass is 16.1. The van der Waals surface area contributed by atoms with Crippen molar-refractivity contribution >= 4 is 10.9 Å². The van der Waals surface area contributed by atoms with E-state index in [0.717, 1.165) is 5.56 Å². The number of aromatic nitrogens is 6. The van der Waals surface area contributed by atoms with Crippen LogP contribution in [0.15, 0.2) is 59.4 Å². The number of rotatable bonds is 4. The second-order valence-electron chi connectivity index (χ2n) is 5.35. The molecule has 0 aliphatic rings. The van der Waals surface area contributed by atoms with E-state index in [4.69, 9.17) is 0 Å². The number of fused-ring (bicyclic) bond motifs is 1. The Morgan fingerprint density at radius 1 is 1.00 bits per heavy atom. The van der Waals surface area contributed by atoms with Crippen LogP contribution in [0.1, 0.15) is 5.82 Å². The summed E-state index contributed by atoms with van der Waals surface area (Å²) in [5.41, 5.74) is 1.47. The van der Waals surface area contributed by atoms with E-state index in [1.54, 1.807) is 6.07 Å². The molecule has 1 N–H and O–H groups in total. The van der Waals surface area contributed by atoms with Crippen LogP contribution in [0.5, 0.6) is 0 Å². The number of nitrogens with one attached hydrogen (secondary N) is 1. The molecule has 0 saturated heterocycles. The van der Waals surface area contributed by atoms with Gasteiger partial charge in [-0.3, -0.25) is 4.79 Å². The number of aromatic amines is 1. The van der Waals surface area contributed by atoms with Crippen LogP contribution in [0.4, 0.5) is 0 Å². The van der Waals surface area contributed by atoms with E-state index in [9.17, 15) is 4.79 Å². The van der Waals surface area contributed by atoms with Crippen molar-refractivity contribution in [2.24, 2.45) is 0 Å². The summed E-state index contributed by atoms with van der Waals surface area (Å²) in [6.45, 7) is 0.487. The lowest BCUT2D eigenvalue weighted by molar-refractivity contribution is 0.515. The number of tetrazole rings is 1. The second kappa shape index (κ2) is 6.04. The van der Waals surface area contributed by atoms with Gasteiger partial charge in [0, 0.05) is 12.0 Å². The van der Waals surface area contributed by atoms with Gasteiger partial charge in [0.05, 0.1) is 17.4 Å². The van der Waals surface area contributed by atoms with Crippen molar-refractivity contribution in [1.82, 2.24) is 30.2 Å². The monoisotopic (exact) mass is 318 g/mol. The molecule has 118 valence electrons. The van der Waals surface area contributed by atoms with E-state index in [1.807, 2.05) is 48.5 Å². The van der Waals surface area contributed by atoms with Crippen LogP contribution in [0.2, 0.25) is 0 Å². The normalized spacial score (nSPS) is 11.0. The van der Waals surface area contributed by atoms with Crippen molar-refractivity contribution in [2.45, 2.75) is 13.0 Å². The van der Waals surface area contributed by atoms with Gasteiger partial charge in [0.2, 0.25) is 5.82 Å². The van der Waals surface area contributed by atoms with Gasteiger partial charge in [0.15, 0.2) is 0 Å². The Hall–Kier alpha value is -3.35. The zero-order valence-electron chi connectivity index (χ0n) is 12.8. The van der Waals surface area contributed by atoms with Crippen LogP contribution in [0.25, 0.3) is 22.3 Å². The molecule has 4 rings (SSSR count). The fourth-order valence-corrected chi connectivity index (χ4v) is 2.50. The number of hydrogen-bond acceptors (Lipinski definition) is 5. The minimum absolute atomic E-state index is 0.132. The Balaban J connectivity index is 1.53. The van der Waals surface area contributed by atoms with Gasteiger partial charge in [-0.05, 0) is 17.3 Å². The lowest BCUT2D eigenvalue weighted by Gasteiger charge is -2.02. The Kier molecular flexibility index (Phi) is 3.59. The number of H-pyrrole nitrogens is 1. The molecule has 7 heteroatoms. The van der Waals surface area contributed by atoms with E-state index >= 15 is 0 Å². The number of aryl methyl sites for hydroxylation is 2. The lowest BCUT2D eigenvalue weighted by Crippen LogP contribution is -2.14. The molecule has 4 aromatic rings. The van der Waals surface area contributed by atoms with Crippen LogP contribution >= 0.6 is 0 Å². The zero-order chi connectivity index (χ0) is 16.4. The molecule has 0 spiro atoms. The molecule has 0 fully saturated rings. The van der Waals surface area contributed by atoms with E-state index in [1.165, 1.54) is 4.80 Å². The van der Waals surface area contributed by atoms with Crippen LogP contribution in [0, 0.1) is 0 Å². The number of nitrogens with zero attached hydrogens (tertiary/aromatic N) is 5. The number of hydrogen-bond donors (Lipinski definition) is 1. The van der Waals surface area contributed by atoms with Crippen LogP contribution in [0.3, 0.4) is 0 Å². The van der Waals surface area contributed by atoms with E-state index < -0.39 is 0 Å². The van der Waals surface area contributed by atoms with Crippen molar-refractivity contribution in [2.75, 3.05) is 0 Å². The molecule has 0 radical (unpaired) electrons. The predicted octanol–water partition coefficient (Wildman–Crippen LogP) is 1.82. The molecule has 0 aliphatic carbocycles. The largest absolute Gasteiger partial charge is 0.310 e. The highest BCUT2D eigenvalue weighted by Crippen LogP contribution is 2.12. The standard InChI is InChI=1S/C17H14N6O/c24-17-13-8-4-5-9-14(13)18-15(19-17)10-11-23-21-16(20-22-23)12-6-2-1-3-7-12/h1-9H,10-11H2,(H,18,19,24). The molecular formula is C17H14N6O. The first kappa shape index (κ1) is 14.3. The van der Waals surface area contributed by atoms with Crippen LogP contribution in [-0.4, -0.2) is 30.2 Å². The summed E-state index contributed by atoms with van der Waals surface area (Å²) in [4.78, 5) is 20.8. The van der Waals surface area contributed by atoms with Crippen molar-refractivity contribution in [1.29, 1.82) is 0 Å². The van der Waals surface area contributed by atoms with Crippen molar-refractivity contribution in [3.8, 4) is 11.4 Å². The third-order valence-electron chi connectivity index (χ3n) is 3.70. The van der Waals surface area contributed by atoms with Gasteiger partial charge in [0.1, 0.15) is 5.82 Å². The van der Waals surface area contributed by atoms with Gasteiger partial charge in [-0.2, -0.15) is 4.80 Å². The molecule has 2 aromatic carbocycles. The molecule has 0 atom stereocenters. The fraction of sp³-hybridized carbons (Fsp3) is 0.118. The number of benzene rings is 2. The Morgan fingerprint density at radius 3 is 2.67 bits per heavy atom. The van der Waals surface area contributed by atoms with Crippen LogP contribution < -0.4 is 5.56 Å². The maximum atomic E-state index is 12.1. The molecule has 0 amide bonds. The van der Waals surface area contributed by atoms with Crippen molar-refractivity contribution in [3.05, 3.63) is 70.8 Å². The molecule has 2 aromatic heterocycles. The van der Waals surface area contributed by atoms with Gasteiger partial charge in [-0.15, -0.1) is 10.2 Å². The smallest absolute Gasteiger partial charge is 0.258 e. The Bertz CT molecular complexity index is 1040. The van der Waals surface area contributed by atoms with E-state index in [-0.39, 0.29) is 5.56 Å². The second-order valence-corrected chi connectivity index (χ2v) is 5.35. The number of para-hydroxylation sites is 1. The van der Waals surface area contributed by atoms with Gasteiger partial charge in [0.25, 0.3) is 5.56 Å². The van der Waals surface area contributed by atoms with Crippen LogP contribution in [-0.2, 0) is 13.0 Å². The maximum Gasteiger partial charge on any atom is 0.258 e. The predicted molar refractivity (Wildman–Crippen MR) is 89.3 cm³/mol. The molecule has 0 aliphatic heterocycles. The van der Waals surface area contributed by atoms with E-state index in [2.05, 4.69) is 25.4 Å². The molecule has 2 heterocycles. The summed E-state index contributed by atoms with van der Waals surface area (Å²) < 4.78 is 0. The lowest BCUT2D eigenvalue weighted by atomic mass is 10.2. The Morgan fingerprint density at radius 2 is 1.79 bits per heavy atom. The van der Waals surface area contributed by atoms with E-state index in [0.29, 0.717) is 35.5 Å². The third-order valence-corrected chi connectivity index (χ3v) is 3.70. The summed E-state index contributed by atoms with van der Waals surface area (Å²) >= 11 is 0. The molecule has 0 bridgehead atoms. The average Bonchev–Trinajstić information content (AvgIpc) is 3.10. The highest BCUT2D eigenvalue weighted by molar-refractivity contribution is 5.77. The van der Waals surface area contributed by atoms with Gasteiger partial charge in [-0.25, -0.2) is 4.98 Å². The molecule has 24 heavy (non-hydrogen) atoms. The first-order chi connectivity index (χ1) is 11.8. The van der Waals surface area contributed by atoms with Gasteiger partial charge in [-0.1, -0.05) is 42.5 Å². The average molecular weight is 318 g/mol. The van der Waals surface area contributed by atoms with Gasteiger partial charge >= 0.3 is 0 Å². The maximum absolute atomic E-state index is 12.1. The quantitative estimate of drug-likeness (QED) is 0.620. The summed E-state index contributed by atoms with van der Waals surface area (Å²) in [5.74, 6) is 1.19. The summed E-state index contributed by atoms with van der Waals surface area (Å²) in [5, 5.41) is 13.0. The Labute approximate surface area is 137 Å². The minimum Gasteiger partial charge on any atom is -0.310 e. The van der Waals surface area contributed by atoms with Crippen molar-refractivity contribution in [3.63, 3.8) is 0 Å². The first-order valence-corrected chi connectivity index (χ1v) is 7.61.